The number of benzene rings is 2. The fraction of sp³-hybridized carbons (Fsp3) is 0.154. The molecule has 0 atom stereocenters. The predicted octanol–water partition coefficient (Wildman–Crippen LogP) is 4.07. The van der Waals surface area contributed by atoms with E-state index in [9.17, 15) is 14.9 Å². The van der Waals surface area contributed by atoms with Gasteiger partial charge in [-0.3, -0.25) is 14.3 Å². The molecule has 2 aromatic carbocycles. The van der Waals surface area contributed by atoms with Gasteiger partial charge >= 0.3 is 5.69 Å². The van der Waals surface area contributed by atoms with E-state index in [-0.39, 0.29) is 6.54 Å². The van der Waals surface area contributed by atoms with Crippen LogP contribution in [0.15, 0.2) is 76.6 Å². The summed E-state index contributed by atoms with van der Waals surface area (Å²) >= 11 is 6.29. The van der Waals surface area contributed by atoms with Crippen molar-refractivity contribution < 1.29 is 0 Å². The minimum atomic E-state index is -0.587. The Hall–Kier alpha value is -4.15. The highest BCUT2D eigenvalue weighted by Gasteiger charge is 2.29. The summed E-state index contributed by atoms with van der Waals surface area (Å²) in [4.78, 5) is 33.8. The summed E-state index contributed by atoms with van der Waals surface area (Å²) in [6.45, 7) is 2.66. The van der Waals surface area contributed by atoms with Gasteiger partial charge in [0.05, 0.1) is 23.5 Å². The molecule has 0 spiro atoms. The van der Waals surface area contributed by atoms with Crippen LogP contribution >= 0.6 is 11.6 Å². The molecule has 0 unspecified atom stereocenters. The first kappa shape index (κ1) is 21.7. The molecule has 0 saturated carbocycles. The van der Waals surface area contributed by atoms with Crippen molar-refractivity contribution in [1.29, 1.82) is 5.26 Å². The van der Waals surface area contributed by atoms with Gasteiger partial charge in [-0.15, -0.1) is 0 Å². The lowest BCUT2D eigenvalue weighted by molar-refractivity contribution is 0.672. The molecule has 2 aromatic heterocycles. The number of nitrogens with zero attached hydrogens (tertiary/aromatic N) is 5. The summed E-state index contributed by atoms with van der Waals surface area (Å²) in [5, 5.41) is 10.1. The molecule has 5 rings (SSSR count). The van der Waals surface area contributed by atoms with Gasteiger partial charge in [-0.25, -0.2) is 9.36 Å². The summed E-state index contributed by atoms with van der Waals surface area (Å²) in [6.07, 6.45) is 3.12. The molecule has 0 fully saturated rings. The van der Waals surface area contributed by atoms with Crippen molar-refractivity contribution in [3.05, 3.63) is 110 Å². The molecule has 168 valence electrons. The molecule has 1 aliphatic heterocycles. The van der Waals surface area contributed by atoms with Gasteiger partial charge in [0.15, 0.2) is 0 Å². The smallest absolute Gasteiger partial charge is 0.338 e. The number of aryl methyl sites for hydroxylation is 1. The molecule has 0 bridgehead atoms. The Morgan fingerprint density at radius 2 is 1.76 bits per heavy atom. The molecule has 0 amide bonds. The van der Waals surface area contributed by atoms with Crippen LogP contribution in [-0.2, 0) is 19.6 Å². The lowest BCUT2D eigenvalue weighted by atomic mass is 10.1. The largest absolute Gasteiger partial charge is 0.349 e. The summed E-state index contributed by atoms with van der Waals surface area (Å²) in [5.41, 5.74) is 3.19. The van der Waals surface area contributed by atoms with Crippen LogP contribution in [0, 0.1) is 18.3 Å². The number of halogens is 1. The maximum Gasteiger partial charge on any atom is 0.338 e. The number of hydrogen-bond donors (Lipinski definition) is 0. The zero-order valence-electron chi connectivity index (χ0n) is 18.4. The molecule has 8 heteroatoms. The number of pyridine rings is 1. The van der Waals surface area contributed by atoms with Gasteiger partial charge in [0.2, 0.25) is 0 Å². The number of nitriles is 1. The SMILES string of the molecule is Cc1cncc(-n2c(=O)c(-c3cccc(Cl)c3)c(N3Cc4ccccc4C3)n(CC#N)c2=O)c1. The summed E-state index contributed by atoms with van der Waals surface area (Å²) in [5.74, 6) is 0.409. The Morgan fingerprint density at radius 1 is 1.03 bits per heavy atom. The highest BCUT2D eigenvalue weighted by atomic mass is 35.5. The molecule has 0 saturated heterocycles. The van der Waals surface area contributed by atoms with E-state index in [0.717, 1.165) is 21.3 Å². The van der Waals surface area contributed by atoms with Crippen LogP contribution in [0.1, 0.15) is 16.7 Å². The number of fused-ring (bicyclic) bond motifs is 1. The van der Waals surface area contributed by atoms with Gasteiger partial charge in [-0.05, 0) is 47.4 Å². The lowest BCUT2D eigenvalue weighted by Crippen LogP contribution is -2.42. The number of aromatic nitrogens is 3. The molecule has 0 aliphatic carbocycles. The maximum absolute atomic E-state index is 14.0. The van der Waals surface area contributed by atoms with Crippen molar-refractivity contribution in [1.82, 2.24) is 14.1 Å². The van der Waals surface area contributed by atoms with Gasteiger partial charge in [0.25, 0.3) is 5.56 Å². The summed E-state index contributed by atoms with van der Waals surface area (Å²) < 4.78 is 2.45. The lowest BCUT2D eigenvalue weighted by Gasteiger charge is -2.26. The Morgan fingerprint density at radius 3 is 2.41 bits per heavy atom. The van der Waals surface area contributed by atoms with E-state index in [4.69, 9.17) is 11.6 Å². The first-order valence-corrected chi connectivity index (χ1v) is 11.1. The second-order valence-corrected chi connectivity index (χ2v) is 8.66. The van der Waals surface area contributed by atoms with Crippen LogP contribution in [0.25, 0.3) is 16.8 Å². The molecule has 7 nitrogen and oxygen atoms in total. The molecule has 1 aliphatic rings. The third-order valence-electron chi connectivity index (χ3n) is 5.92. The number of anilines is 1. The van der Waals surface area contributed by atoms with Crippen molar-refractivity contribution in [3.8, 4) is 22.9 Å². The molecule has 3 heterocycles. The highest BCUT2D eigenvalue weighted by molar-refractivity contribution is 6.30. The predicted molar refractivity (Wildman–Crippen MR) is 131 cm³/mol. The van der Waals surface area contributed by atoms with Crippen LogP contribution in [0.4, 0.5) is 5.82 Å². The summed E-state index contributed by atoms with van der Waals surface area (Å²) in [6, 6.07) is 18.8. The maximum atomic E-state index is 14.0. The third-order valence-corrected chi connectivity index (χ3v) is 6.15. The third kappa shape index (κ3) is 3.68. The molecule has 0 radical (unpaired) electrons. The van der Waals surface area contributed by atoms with Crippen LogP contribution in [0.2, 0.25) is 5.02 Å². The monoisotopic (exact) mass is 469 g/mol. The van der Waals surface area contributed by atoms with E-state index in [2.05, 4.69) is 11.1 Å². The summed E-state index contributed by atoms with van der Waals surface area (Å²) in [7, 11) is 0. The average molecular weight is 470 g/mol. The van der Waals surface area contributed by atoms with Crippen LogP contribution in [0.5, 0.6) is 0 Å². The van der Waals surface area contributed by atoms with E-state index in [1.165, 1.54) is 10.8 Å². The second kappa shape index (κ2) is 8.65. The average Bonchev–Trinajstić information content (AvgIpc) is 3.25. The van der Waals surface area contributed by atoms with E-state index >= 15 is 0 Å². The molecular formula is C26H20ClN5O2. The highest BCUT2D eigenvalue weighted by Crippen LogP contribution is 2.34. The molecular weight excluding hydrogens is 450 g/mol. The van der Waals surface area contributed by atoms with Gasteiger partial charge in [0.1, 0.15) is 12.4 Å². The van der Waals surface area contributed by atoms with Crippen LogP contribution in [-0.4, -0.2) is 14.1 Å². The number of rotatable bonds is 4. The minimum absolute atomic E-state index is 0.214. The number of hydrogen-bond acceptors (Lipinski definition) is 5. The van der Waals surface area contributed by atoms with Gasteiger partial charge in [0, 0.05) is 24.3 Å². The molecule has 0 N–H and O–H groups in total. The fourth-order valence-electron chi connectivity index (χ4n) is 4.45. The van der Waals surface area contributed by atoms with Gasteiger partial charge in [-0.2, -0.15) is 5.26 Å². The van der Waals surface area contributed by atoms with E-state index in [1.807, 2.05) is 36.1 Å². The first-order valence-electron chi connectivity index (χ1n) is 10.7. The van der Waals surface area contributed by atoms with Crippen molar-refractivity contribution in [2.24, 2.45) is 0 Å². The van der Waals surface area contributed by atoms with Crippen molar-refractivity contribution in [2.45, 2.75) is 26.6 Å². The Bertz CT molecular complexity index is 1560. The van der Waals surface area contributed by atoms with Gasteiger partial charge < -0.3 is 4.90 Å². The fourth-order valence-corrected chi connectivity index (χ4v) is 4.64. The quantitative estimate of drug-likeness (QED) is 0.450. The second-order valence-electron chi connectivity index (χ2n) is 8.22. The minimum Gasteiger partial charge on any atom is -0.349 e. The van der Waals surface area contributed by atoms with E-state index in [0.29, 0.717) is 40.7 Å². The van der Waals surface area contributed by atoms with Crippen LogP contribution in [0.3, 0.4) is 0 Å². The van der Waals surface area contributed by atoms with E-state index in [1.54, 1.807) is 36.5 Å². The Labute approximate surface area is 200 Å². The molecule has 4 aromatic rings. The van der Waals surface area contributed by atoms with Crippen molar-refractivity contribution in [2.75, 3.05) is 4.90 Å². The first-order chi connectivity index (χ1) is 16.5. The zero-order valence-corrected chi connectivity index (χ0v) is 19.2. The van der Waals surface area contributed by atoms with Crippen molar-refractivity contribution >= 4 is 17.4 Å². The standard InChI is InChI=1S/C26H20ClN5O2/c1-17-11-22(14-29-13-17)32-25(33)23(18-7-4-8-21(27)12-18)24(31(10-9-28)26(32)34)30-15-19-5-2-3-6-20(19)16-30/h2-8,11-14H,10,15-16H2,1H3. The van der Waals surface area contributed by atoms with Crippen LogP contribution < -0.4 is 16.1 Å². The topological polar surface area (TPSA) is 83.9 Å². The zero-order chi connectivity index (χ0) is 23.8. The molecule has 34 heavy (non-hydrogen) atoms. The Balaban J connectivity index is 1.86. The normalized spacial score (nSPS) is 12.4. The van der Waals surface area contributed by atoms with E-state index < -0.39 is 11.2 Å². The Kier molecular flexibility index (Phi) is 5.52. The van der Waals surface area contributed by atoms with Crippen molar-refractivity contribution in [3.63, 3.8) is 0 Å². The van der Waals surface area contributed by atoms with Gasteiger partial charge in [-0.1, -0.05) is 48.0 Å².